The summed E-state index contributed by atoms with van der Waals surface area (Å²) in [7, 11) is 3.98. The van der Waals surface area contributed by atoms with Gasteiger partial charge in [-0.15, -0.1) is 0 Å². The molecule has 1 fully saturated rings. The quantitative estimate of drug-likeness (QED) is 0.344. The first kappa shape index (κ1) is 23.6. The number of fused-ring (bicyclic) bond motifs is 1. The monoisotopic (exact) mass is 485 g/mol. The van der Waals surface area contributed by atoms with Gasteiger partial charge in [0.1, 0.15) is 17.2 Å². The molecule has 0 bridgehead atoms. The third kappa shape index (κ3) is 5.10. The average molecular weight is 486 g/mol. The molecular weight excluding hydrogens is 454 g/mol. The van der Waals surface area contributed by atoms with Gasteiger partial charge in [0.05, 0.1) is 5.52 Å². The lowest BCUT2D eigenvalue weighted by Gasteiger charge is -2.30. The first-order valence-corrected chi connectivity index (χ1v) is 12.3. The van der Waals surface area contributed by atoms with Crippen molar-refractivity contribution in [2.24, 2.45) is 0 Å². The van der Waals surface area contributed by atoms with Gasteiger partial charge in [-0.1, -0.05) is 47.6 Å². The molecular formula is C27H31N7O2. The number of carbonyl (C=O) groups excluding carboxylic acids is 1. The van der Waals surface area contributed by atoms with Crippen LogP contribution < -0.4 is 20.9 Å². The summed E-state index contributed by atoms with van der Waals surface area (Å²) in [5, 5.41) is 14.7. The van der Waals surface area contributed by atoms with Crippen LogP contribution in [0.15, 0.2) is 59.1 Å². The number of anilines is 3. The van der Waals surface area contributed by atoms with E-state index in [0.717, 1.165) is 48.0 Å². The molecule has 2 aromatic carbocycles. The van der Waals surface area contributed by atoms with E-state index in [0.29, 0.717) is 23.1 Å². The molecule has 3 N–H and O–H groups in total. The van der Waals surface area contributed by atoms with Crippen LogP contribution in [-0.2, 0) is 0 Å². The van der Waals surface area contributed by atoms with E-state index in [9.17, 15) is 4.79 Å². The number of rotatable bonds is 6. The fourth-order valence-corrected chi connectivity index (χ4v) is 4.68. The van der Waals surface area contributed by atoms with Crippen molar-refractivity contribution in [2.45, 2.75) is 44.7 Å². The molecule has 36 heavy (non-hydrogen) atoms. The van der Waals surface area contributed by atoms with Crippen LogP contribution in [0.3, 0.4) is 0 Å². The van der Waals surface area contributed by atoms with E-state index in [2.05, 4.69) is 21.1 Å². The van der Waals surface area contributed by atoms with Gasteiger partial charge in [0.25, 0.3) is 0 Å². The summed E-state index contributed by atoms with van der Waals surface area (Å²) in [6, 6.07) is 17.8. The highest BCUT2D eigenvalue weighted by Crippen LogP contribution is 2.30. The maximum atomic E-state index is 12.8. The van der Waals surface area contributed by atoms with Crippen LogP contribution >= 0.6 is 0 Å². The van der Waals surface area contributed by atoms with Crippen LogP contribution in [0, 0.1) is 6.92 Å². The van der Waals surface area contributed by atoms with Gasteiger partial charge in [0.2, 0.25) is 5.95 Å². The van der Waals surface area contributed by atoms with Crippen molar-refractivity contribution in [1.29, 1.82) is 0 Å². The first-order valence-electron chi connectivity index (χ1n) is 12.3. The number of para-hydroxylation sites is 1. The summed E-state index contributed by atoms with van der Waals surface area (Å²) < 4.78 is 5.35. The Hall–Kier alpha value is -4.14. The fourth-order valence-electron chi connectivity index (χ4n) is 4.68. The van der Waals surface area contributed by atoms with Gasteiger partial charge >= 0.3 is 6.03 Å². The van der Waals surface area contributed by atoms with Crippen molar-refractivity contribution < 1.29 is 9.32 Å². The lowest BCUT2D eigenvalue weighted by molar-refractivity contribution is 0.243. The number of carbonyl (C=O) groups is 1. The Kier molecular flexibility index (Phi) is 6.71. The predicted molar refractivity (Wildman–Crippen MR) is 142 cm³/mol. The Balaban J connectivity index is 1.18. The van der Waals surface area contributed by atoms with Crippen LogP contribution in [0.4, 0.5) is 22.2 Å². The second kappa shape index (κ2) is 10.2. The molecule has 0 atom stereocenters. The van der Waals surface area contributed by atoms with Gasteiger partial charge < -0.3 is 25.4 Å². The highest BCUT2D eigenvalue weighted by Gasteiger charge is 2.25. The van der Waals surface area contributed by atoms with Crippen molar-refractivity contribution in [1.82, 2.24) is 20.4 Å². The van der Waals surface area contributed by atoms with Crippen LogP contribution in [-0.4, -0.2) is 47.3 Å². The normalized spacial score (nSPS) is 17.5. The van der Waals surface area contributed by atoms with Crippen molar-refractivity contribution in [3.05, 3.63) is 60.4 Å². The maximum Gasteiger partial charge on any atom is 0.319 e. The molecule has 0 radical (unpaired) electrons. The minimum absolute atomic E-state index is 0.0956. The molecule has 0 spiro atoms. The van der Waals surface area contributed by atoms with Gasteiger partial charge in [-0.25, -0.2) is 9.78 Å². The number of urea groups is 1. The Morgan fingerprint density at radius 3 is 2.39 bits per heavy atom. The van der Waals surface area contributed by atoms with E-state index in [4.69, 9.17) is 14.5 Å². The molecule has 9 heteroatoms. The third-order valence-electron chi connectivity index (χ3n) is 6.55. The molecule has 2 heterocycles. The van der Waals surface area contributed by atoms with Crippen LogP contribution in [0.2, 0.25) is 0 Å². The zero-order chi connectivity index (χ0) is 25.1. The molecule has 2 aromatic heterocycles. The van der Waals surface area contributed by atoms with E-state index in [1.54, 1.807) is 6.92 Å². The Bertz CT molecular complexity index is 1350. The number of hydrogen-bond donors (Lipinski definition) is 3. The van der Waals surface area contributed by atoms with E-state index < -0.39 is 0 Å². The number of nitrogens with zero attached hydrogens (tertiary/aromatic N) is 4. The maximum absolute atomic E-state index is 12.8. The van der Waals surface area contributed by atoms with E-state index >= 15 is 0 Å². The van der Waals surface area contributed by atoms with Crippen molar-refractivity contribution in [2.75, 3.05) is 29.6 Å². The van der Waals surface area contributed by atoms with Crippen LogP contribution in [0.5, 0.6) is 0 Å². The Morgan fingerprint density at radius 1 is 0.944 bits per heavy atom. The largest absolute Gasteiger partial charge is 0.362 e. The van der Waals surface area contributed by atoms with Gasteiger partial charge in [-0.2, -0.15) is 4.98 Å². The van der Waals surface area contributed by atoms with Gasteiger partial charge in [-0.05, 0) is 44.7 Å². The van der Waals surface area contributed by atoms with Crippen LogP contribution in [0.1, 0.15) is 31.4 Å². The topological polar surface area (TPSA) is 108 Å². The third-order valence-corrected chi connectivity index (χ3v) is 6.55. The molecule has 5 rings (SSSR count). The number of benzene rings is 2. The highest BCUT2D eigenvalue weighted by molar-refractivity contribution is 5.94. The second-order valence-corrected chi connectivity index (χ2v) is 9.40. The van der Waals surface area contributed by atoms with Crippen LogP contribution in [0.25, 0.3) is 22.2 Å². The number of amides is 2. The molecule has 4 aromatic rings. The fraction of sp³-hybridized carbons (Fsp3) is 0.333. The molecule has 0 unspecified atom stereocenters. The lowest BCUT2D eigenvalue weighted by Crippen LogP contribution is -2.42. The summed E-state index contributed by atoms with van der Waals surface area (Å²) >= 11 is 0. The molecule has 1 saturated carbocycles. The molecule has 2 amide bonds. The van der Waals surface area contributed by atoms with Gasteiger partial charge in [0.15, 0.2) is 5.76 Å². The molecule has 0 aliphatic heterocycles. The molecule has 0 saturated heterocycles. The highest BCUT2D eigenvalue weighted by atomic mass is 16.5. The van der Waals surface area contributed by atoms with E-state index in [1.165, 1.54) is 0 Å². The lowest BCUT2D eigenvalue weighted by atomic mass is 9.91. The number of nitrogens with one attached hydrogen (secondary N) is 3. The minimum Gasteiger partial charge on any atom is -0.362 e. The summed E-state index contributed by atoms with van der Waals surface area (Å²) in [4.78, 5) is 24.3. The zero-order valence-corrected chi connectivity index (χ0v) is 20.8. The SMILES string of the molecule is Cc1onc(-c2ccccc2)c1NC(=O)NC1CCC(Nc2nc(N(C)C)c3ccccc3n2)CC1. The number of aromatic nitrogens is 3. The predicted octanol–water partition coefficient (Wildman–Crippen LogP) is 5.20. The average Bonchev–Trinajstić information content (AvgIpc) is 3.24. The first-order chi connectivity index (χ1) is 17.5. The summed E-state index contributed by atoms with van der Waals surface area (Å²) in [5.41, 5.74) is 3.04. The standard InChI is InChI=1S/C27H31N7O2/c1-17-23(24(33-36-17)18-9-5-4-6-10-18)31-27(35)29-20-15-13-19(14-16-20)28-26-30-22-12-8-7-11-21(22)25(32-26)34(2)3/h4-12,19-20H,13-16H2,1-3H3,(H,28,30,32)(H2,29,31,35). The van der Waals surface area contributed by atoms with Gasteiger partial charge in [-0.3, -0.25) is 0 Å². The van der Waals surface area contributed by atoms with Crippen molar-refractivity contribution >= 4 is 34.4 Å². The van der Waals surface area contributed by atoms with E-state index in [-0.39, 0.29) is 18.1 Å². The Labute approximate surface area is 210 Å². The minimum atomic E-state index is -0.247. The van der Waals surface area contributed by atoms with Gasteiger partial charge in [0, 0.05) is 37.1 Å². The summed E-state index contributed by atoms with van der Waals surface area (Å²) in [6.07, 6.45) is 3.57. The number of aryl methyl sites for hydroxylation is 1. The number of hydrogen-bond acceptors (Lipinski definition) is 7. The molecule has 186 valence electrons. The zero-order valence-electron chi connectivity index (χ0n) is 20.8. The summed E-state index contributed by atoms with van der Waals surface area (Å²) in [6.45, 7) is 1.79. The summed E-state index contributed by atoms with van der Waals surface area (Å²) in [5.74, 6) is 2.11. The second-order valence-electron chi connectivity index (χ2n) is 9.40. The Morgan fingerprint density at radius 2 is 1.64 bits per heavy atom. The molecule has 1 aliphatic rings. The van der Waals surface area contributed by atoms with E-state index in [1.807, 2.05) is 73.6 Å². The van der Waals surface area contributed by atoms with Crippen molar-refractivity contribution in [3.8, 4) is 11.3 Å². The molecule has 1 aliphatic carbocycles. The van der Waals surface area contributed by atoms with Crippen molar-refractivity contribution in [3.63, 3.8) is 0 Å². The molecule has 9 nitrogen and oxygen atoms in total. The smallest absolute Gasteiger partial charge is 0.319 e.